The normalized spacial score (nSPS) is 15.2. The first-order valence-corrected chi connectivity index (χ1v) is 11.6. The minimum absolute atomic E-state index is 0.0874. The fourth-order valence-electron chi connectivity index (χ4n) is 3.86. The Labute approximate surface area is 215 Å². The van der Waals surface area contributed by atoms with Gasteiger partial charge in [-0.1, -0.05) is 4.68 Å². The third-order valence-electron chi connectivity index (χ3n) is 5.70. The summed E-state index contributed by atoms with van der Waals surface area (Å²) in [5.41, 5.74) is 0.254. The van der Waals surface area contributed by atoms with Crippen LogP contribution in [-0.4, -0.2) is 44.7 Å². The van der Waals surface area contributed by atoms with Crippen molar-refractivity contribution in [3.05, 3.63) is 74.8 Å². The number of rotatable bonds is 9. The molecule has 0 bridgehead atoms. The Morgan fingerprint density at radius 2 is 1.89 bits per heavy atom. The molecule has 3 aromatic rings. The van der Waals surface area contributed by atoms with Crippen molar-refractivity contribution in [2.24, 2.45) is 7.05 Å². The van der Waals surface area contributed by atoms with Crippen LogP contribution in [0.3, 0.4) is 0 Å². The molecule has 1 fully saturated rings. The number of hydrogen-bond acceptors (Lipinski definition) is 8. The molecule has 1 saturated heterocycles. The van der Waals surface area contributed by atoms with Crippen LogP contribution in [0.15, 0.2) is 57.8 Å². The molecule has 1 unspecified atom stereocenters. The molecule has 1 atom stereocenters. The third kappa shape index (κ3) is 5.33. The number of aryl methyl sites for hydroxylation is 1. The highest BCUT2D eigenvalue weighted by Gasteiger charge is 2.45. The summed E-state index contributed by atoms with van der Waals surface area (Å²) in [6.45, 7) is 2.25. The average molecular weight is 528 g/mol. The van der Waals surface area contributed by atoms with Gasteiger partial charge in [-0.3, -0.25) is 29.1 Å². The van der Waals surface area contributed by atoms with E-state index in [9.17, 15) is 24.5 Å². The van der Waals surface area contributed by atoms with Crippen LogP contribution in [-0.2, 0) is 23.2 Å². The molecular weight excluding hydrogens is 504 g/mol. The number of carbonyl (C=O) groups excluding carboxylic acids is 2. The lowest BCUT2D eigenvalue weighted by Crippen LogP contribution is -2.44. The number of aromatic nitrogens is 2. The molecule has 192 valence electrons. The van der Waals surface area contributed by atoms with Gasteiger partial charge in [-0.15, -0.1) is 0 Å². The van der Waals surface area contributed by atoms with Gasteiger partial charge in [-0.05, 0) is 60.8 Å². The predicted molar refractivity (Wildman–Crippen MR) is 134 cm³/mol. The molecule has 1 aliphatic rings. The van der Waals surface area contributed by atoms with Crippen molar-refractivity contribution in [2.75, 3.05) is 16.8 Å². The average Bonchev–Trinajstić information content (AvgIpc) is 3.30. The largest absolute Gasteiger partial charge is 0.494 e. The summed E-state index contributed by atoms with van der Waals surface area (Å²) >= 11 is 5.62. The van der Waals surface area contributed by atoms with Gasteiger partial charge in [0.25, 0.3) is 11.6 Å². The maximum atomic E-state index is 13.5. The second-order valence-corrected chi connectivity index (χ2v) is 8.43. The van der Waals surface area contributed by atoms with E-state index in [2.05, 4.69) is 10.6 Å². The van der Waals surface area contributed by atoms with Crippen LogP contribution >= 0.6 is 12.2 Å². The number of H-pyrrole nitrogens is 1. The molecule has 0 spiro atoms. The highest BCUT2D eigenvalue weighted by atomic mass is 32.1. The highest BCUT2D eigenvalue weighted by molar-refractivity contribution is 7.80. The fraction of sp³-hybridized carbons (Fsp3) is 0.261. The van der Waals surface area contributed by atoms with Crippen LogP contribution in [0.25, 0.3) is 0 Å². The Hall–Kier alpha value is -4.59. The van der Waals surface area contributed by atoms with E-state index in [1.807, 2.05) is 6.92 Å². The summed E-state index contributed by atoms with van der Waals surface area (Å²) in [6, 6.07) is 11.1. The lowest BCUT2D eigenvalue weighted by Gasteiger charge is -2.21. The molecule has 1 aromatic heterocycles. The van der Waals surface area contributed by atoms with Gasteiger partial charge in [0.2, 0.25) is 5.91 Å². The van der Waals surface area contributed by atoms with Gasteiger partial charge < -0.3 is 15.0 Å². The fourth-order valence-corrected chi connectivity index (χ4v) is 4.24. The lowest BCUT2D eigenvalue weighted by molar-refractivity contribution is -0.746. The summed E-state index contributed by atoms with van der Waals surface area (Å²) in [7, 11) is 1.57. The monoisotopic (exact) mass is 527 g/mol. The molecule has 13 nitrogen and oxygen atoms in total. The van der Waals surface area contributed by atoms with Gasteiger partial charge in [-0.25, -0.2) is 4.79 Å². The summed E-state index contributed by atoms with van der Waals surface area (Å²) in [5.74, 6) is -0.341. The maximum absolute atomic E-state index is 13.5. The van der Waals surface area contributed by atoms with Gasteiger partial charge in [0.15, 0.2) is 12.2 Å². The molecule has 0 aliphatic carbocycles. The van der Waals surface area contributed by atoms with Crippen LogP contribution in [0.1, 0.15) is 19.0 Å². The minimum atomic E-state index is -1.02. The summed E-state index contributed by atoms with van der Waals surface area (Å²) in [5, 5.41) is 16.0. The second-order valence-electron chi connectivity index (χ2n) is 8.07. The molecule has 1 aliphatic heterocycles. The first kappa shape index (κ1) is 25.5. The van der Waals surface area contributed by atoms with Crippen LogP contribution in [0.5, 0.6) is 5.75 Å². The number of nitrogens with zero attached hydrogens (tertiary/aromatic N) is 4. The van der Waals surface area contributed by atoms with Crippen molar-refractivity contribution >= 4 is 46.2 Å². The van der Waals surface area contributed by atoms with Crippen LogP contribution < -0.4 is 25.3 Å². The molecule has 2 heterocycles. The molecule has 37 heavy (non-hydrogen) atoms. The molecular formula is C23H23N6O7S+. The van der Waals surface area contributed by atoms with Gasteiger partial charge in [0.05, 0.1) is 23.6 Å². The van der Waals surface area contributed by atoms with Gasteiger partial charge in [0.1, 0.15) is 18.3 Å². The van der Waals surface area contributed by atoms with E-state index < -0.39 is 28.4 Å². The number of benzene rings is 2. The second kappa shape index (κ2) is 10.6. The molecule has 2 N–H and O–H groups in total. The zero-order chi connectivity index (χ0) is 26.7. The molecule has 0 saturated carbocycles. The van der Waals surface area contributed by atoms with Crippen molar-refractivity contribution in [1.29, 1.82) is 0 Å². The van der Waals surface area contributed by atoms with Crippen molar-refractivity contribution in [3.8, 4) is 5.75 Å². The van der Waals surface area contributed by atoms with Gasteiger partial charge in [0, 0.05) is 17.8 Å². The molecule has 0 radical (unpaired) electrons. The van der Waals surface area contributed by atoms with Gasteiger partial charge in [-0.2, -0.15) is 0 Å². The maximum Gasteiger partial charge on any atom is 0.431 e. The first-order valence-electron chi connectivity index (χ1n) is 11.2. The molecule has 4 rings (SSSR count). The molecule has 14 heteroatoms. The Balaban J connectivity index is 1.59. The number of ether oxygens (including phenoxy) is 1. The zero-order valence-electron chi connectivity index (χ0n) is 19.9. The number of nitro groups is 1. The van der Waals surface area contributed by atoms with E-state index in [0.717, 1.165) is 0 Å². The number of thiocarbonyl (C=S) groups is 1. The first-order chi connectivity index (χ1) is 17.7. The van der Waals surface area contributed by atoms with E-state index in [1.165, 1.54) is 38.7 Å². The smallest absolute Gasteiger partial charge is 0.431 e. The van der Waals surface area contributed by atoms with Crippen molar-refractivity contribution in [2.45, 2.75) is 25.9 Å². The number of nitro benzene ring substituents is 1. The zero-order valence-corrected chi connectivity index (χ0v) is 20.7. The Bertz CT molecular complexity index is 1400. The number of non-ortho nitro benzene ring substituents is 1. The number of nitrogens with one attached hydrogen (secondary N) is 2. The SMILES string of the molecule is CCOc1ccc(N2C(=O)C(CC(=O)Nc3ccc([N+](=O)[O-])cc3)N(Cc3c(=O)o[nH][n+]3C)C2=S)cc1. The Kier molecular flexibility index (Phi) is 7.29. The molecule has 2 amide bonds. The van der Waals surface area contributed by atoms with E-state index in [4.69, 9.17) is 21.5 Å². The minimum Gasteiger partial charge on any atom is -0.494 e. The van der Waals surface area contributed by atoms with E-state index in [-0.39, 0.29) is 29.5 Å². The predicted octanol–water partition coefficient (Wildman–Crippen LogP) is 1.63. The van der Waals surface area contributed by atoms with Crippen LogP contribution in [0.4, 0.5) is 17.1 Å². The number of aromatic amines is 1. The summed E-state index contributed by atoms with van der Waals surface area (Å²) < 4.78 is 11.6. The topological polar surface area (TPSA) is 155 Å². The Morgan fingerprint density at radius 3 is 2.46 bits per heavy atom. The lowest BCUT2D eigenvalue weighted by atomic mass is 10.1. The third-order valence-corrected chi connectivity index (χ3v) is 6.12. The number of amides is 2. The van der Waals surface area contributed by atoms with Crippen LogP contribution in [0, 0.1) is 10.1 Å². The van der Waals surface area contributed by atoms with E-state index in [0.29, 0.717) is 23.7 Å². The number of anilines is 2. The number of hydrogen-bond donors (Lipinski definition) is 2. The van der Waals surface area contributed by atoms with E-state index >= 15 is 0 Å². The molecule has 2 aromatic carbocycles. The standard InChI is InChI=1S/C23H22N6O7S/c1-3-35-17-10-8-15(9-11-17)28-21(31)18(27(23(28)37)13-19-22(32)36-25-26(19)2)12-20(30)24-14-4-6-16(7-5-14)29(33)34/h4-11,18H,3,12-13H2,1-2H3,(H-,24,25,30,32)/p+1. The van der Waals surface area contributed by atoms with Gasteiger partial charge >= 0.3 is 11.3 Å². The van der Waals surface area contributed by atoms with Crippen LogP contribution in [0.2, 0.25) is 0 Å². The van der Waals surface area contributed by atoms with Crippen molar-refractivity contribution < 1.29 is 28.5 Å². The highest BCUT2D eigenvalue weighted by Crippen LogP contribution is 2.29. The quantitative estimate of drug-likeness (QED) is 0.183. The summed E-state index contributed by atoms with van der Waals surface area (Å²) in [4.78, 5) is 51.7. The van der Waals surface area contributed by atoms with E-state index in [1.54, 1.807) is 31.3 Å². The van der Waals surface area contributed by atoms with Crippen molar-refractivity contribution in [1.82, 2.24) is 10.2 Å². The number of carbonyl (C=O) groups is 2. The Morgan fingerprint density at radius 1 is 1.22 bits per heavy atom. The summed E-state index contributed by atoms with van der Waals surface area (Å²) in [6.07, 6.45) is -0.289. The van der Waals surface area contributed by atoms with Crippen molar-refractivity contribution in [3.63, 3.8) is 0 Å².